The van der Waals surface area contributed by atoms with Crippen LogP contribution in [0.2, 0.25) is 0 Å². The molecule has 1 N–H and O–H groups in total. The Morgan fingerprint density at radius 2 is 2.15 bits per heavy atom. The van der Waals surface area contributed by atoms with E-state index in [9.17, 15) is 18.4 Å². The van der Waals surface area contributed by atoms with Crippen molar-refractivity contribution in [1.82, 2.24) is 5.06 Å². The zero-order chi connectivity index (χ0) is 14.8. The highest BCUT2D eigenvalue weighted by molar-refractivity contribution is 7.91. The number of carbonyl (C=O) groups is 1. The lowest BCUT2D eigenvalue weighted by atomic mass is 10.2. The summed E-state index contributed by atoms with van der Waals surface area (Å²) in [5, 5.41) is 11.3. The number of sulfone groups is 1. The number of hydrogen-bond donors (Lipinski definition) is 1. The van der Waals surface area contributed by atoms with Gasteiger partial charge in [-0.3, -0.25) is 10.0 Å². The monoisotopic (exact) mass is 313 g/mol. The third-order valence-electron chi connectivity index (χ3n) is 3.05. The van der Waals surface area contributed by atoms with Crippen LogP contribution in [0.4, 0.5) is 0 Å². The van der Waals surface area contributed by atoms with Crippen LogP contribution < -0.4 is 0 Å². The second-order valence-corrected chi connectivity index (χ2v) is 7.55. The number of fused-ring (bicyclic) bond motifs is 1. The lowest BCUT2D eigenvalue weighted by Gasteiger charge is -2.21. The predicted octanol–water partition coefficient (Wildman–Crippen LogP) is 2.40. The van der Waals surface area contributed by atoms with E-state index in [2.05, 4.69) is 0 Å². The fourth-order valence-corrected chi connectivity index (χ4v) is 4.60. The molecule has 0 fully saturated rings. The van der Waals surface area contributed by atoms with Crippen molar-refractivity contribution in [2.75, 3.05) is 0 Å². The van der Waals surface area contributed by atoms with Crippen LogP contribution in [0.1, 0.15) is 18.9 Å². The highest BCUT2D eigenvalue weighted by atomic mass is 32.2. The fraction of sp³-hybridized carbons (Fsp3) is 0.308. The molecule has 2 rings (SSSR count). The third kappa shape index (κ3) is 3.00. The normalized spacial score (nSPS) is 13.3. The van der Waals surface area contributed by atoms with Gasteiger partial charge < -0.3 is 0 Å². The molecule has 0 saturated carbocycles. The van der Waals surface area contributed by atoms with E-state index >= 15 is 0 Å². The van der Waals surface area contributed by atoms with Crippen molar-refractivity contribution in [3.05, 3.63) is 35.2 Å². The first-order valence-corrected chi connectivity index (χ1v) is 8.67. The molecule has 1 unspecified atom stereocenters. The standard InChI is InChI=1S/C13H15NO4S2/c1-2-13(14(16)9-15)20(17,18)8-10-3-4-12-11(7-10)5-6-19-12/h3-7,9,13,16H,2,8H2,1H3. The Kier molecular flexibility index (Phi) is 4.42. The van der Waals surface area contributed by atoms with E-state index in [-0.39, 0.29) is 23.6 Å². The maximum absolute atomic E-state index is 12.2. The topological polar surface area (TPSA) is 74.7 Å². The molecule has 1 aromatic carbocycles. The molecular weight excluding hydrogens is 298 g/mol. The minimum Gasteiger partial charge on any atom is -0.285 e. The quantitative estimate of drug-likeness (QED) is 0.505. The Hall–Kier alpha value is -1.44. The Balaban J connectivity index is 2.28. The molecule has 1 amide bonds. The summed E-state index contributed by atoms with van der Waals surface area (Å²) >= 11 is 1.59. The molecule has 1 atom stereocenters. The van der Waals surface area contributed by atoms with Crippen molar-refractivity contribution in [2.24, 2.45) is 0 Å². The van der Waals surface area contributed by atoms with Crippen molar-refractivity contribution in [3.8, 4) is 0 Å². The number of rotatable bonds is 6. The van der Waals surface area contributed by atoms with Gasteiger partial charge >= 0.3 is 0 Å². The SMILES string of the molecule is CCC(N(O)C=O)S(=O)(=O)Cc1ccc2sccc2c1. The molecule has 7 heteroatoms. The maximum atomic E-state index is 12.2. The molecule has 0 saturated heterocycles. The molecule has 5 nitrogen and oxygen atoms in total. The summed E-state index contributed by atoms with van der Waals surface area (Å²) in [6.45, 7) is 1.61. The highest BCUT2D eigenvalue weighted by Gasteiger charge is 2.29. The predicted molar refractivity (Wildman–Crippen MR) is 78.2 cm³/mol. The van der Waals surface area contributed by atoms with Crippen LogP contribution in [0, 0.1) is 0 Å². The number of nitrogens with zero attached hydrogens (tertiary/aromatic N) is 1. The number of amides is 1. The zero-order valence-corrected chi connectivity index (χ0v) is 12.5. The Bertz CT molecular complexity index is 708. The van der Waals surface area contributed by atoms with Gasteiger partial charge in [0, 0.05) is 4.70 Å². The van der Waals surface area contributed by atoms with Crippen LogP contribution >= 0.6 is 11.3 Å². The van der Waals surface area contributed by atoms with Crippen LogP contribution in [0.3, 0.4) is 0 Å². The van der Waals surface area contributed by atoms with E-state index < -0.39 is 15.2 Å². The van der Waals surface area contributed by atoms with E-state index in [1.54, 1.807) is 24.3 Å². The third-order valence-corrected chi connectivity index (χ3v) is 6.06. The Morgan fingerprint density at radius 1 is 1.40 bits per heavy atom. The van der Waals surface area contributed by atoms with E-state index in [1.165, 1.54) is 0 Å². The first-order chi connectivity index (χ1) is 9.47. The van der Waals surface area contributed by atoms with Crippen molar-refractivity contribution in [2.45, 2.75) is 24.5 Å². The van der Waals surface area contributed by atoms with Gasteiger partial charge in [-0.1, -0.05) is 13.0 Å². The van der Waals surface area contributed by atoms with Crippen LogP contribution in [0.15, 0.2) is 29.6 Å². The van der Waals surface area contributed by atoms with Crippen LogP contribution in [-0.4, -0.2) is 30.5 Å². The van der Waals surface area contributed by atoms with Crippen molar-refractivity contribution in [1.29, 1.82) is 0 Å². The molecule has 108 valence electrons. The molecule has 20 heavy (non-hydrogen) atoms. The van der Waals surface area contributed by atoms with Crippen molar-refractivity contribution < 1.29 is 18.4 Å². The average molecular weight is 313 g/mol. The smallest absolute Gasteiger partial charge is 0.234 e. The minimum atomic E-state index is -3.64. The molecule has 0 radical (unpaired) electrons. The van der Waals surface area contributed by atoms with Gasteiger partial charge in [0.15, 0.2) is 15.2 Å². The summed E-state index contributed by atoms with van der Waals surface area (Å²) in [6, 6.07) is 7.38. The van der Waals surface area contributed by atoms with Gasteiger partial charge in [0.05, 0.1) is 5.75 Å². The van der Waals surface area contributed by atoms with Gasteiger partial charge in [-0.05, 0) is 40.9 Å². The van der Waals surface area contributed by atoms with Gasteiger partial charge in [-0.25, -0.2) is 13.5 Å². The summed E-state index contributed by atoms with van der Waals surface area (Å²) in [7, 11) is -3.64. The van der Waals surface area contributed by atoms with Crippen molar-refractivity contribution >= 4 is 37.7 Å². The van der Waals surface area contributed by atoms with Gasteiger partial charge in [0.1, 0.15) is 0 Å². The second kappa shape index (κ2) is 5.90. The molecule has 0 bridgehead atoms. The summed E-state index contributed by atoms with van der Waals surface area (Å²) in [5.74, 6) is -0.206. The molecule has 0 aliphatic carbocycles. The van der Waals surface area contributed by atoms with Crippen molar-refractivity contribution in [3.63, 3.8) is 0 Å². The average Bonchev–Trinajstić information content (AvgIpc) is 2.85. The molecule has 0 aliphatic rings. The highest BCUT2D eigenvalue weighted by Crippen LogP contribution is 2.24. The zero-order valence-electron chi connectivity index (χ0n) is 10.9. The molecule has 1 heterocycles. The first-order valence-electron chi connectivity index (χ1n) is 6.08. The van der Waals surface area contributed by atoms with E-state index in [0.717, 1.165) is 10.1 Å². The van der Waals surface area contributed by atoms with E-state index in [4.69, 9.17) is 0 Å². The Labute approximate surface area is 121 Å². The number of thiophene rings is 1. The fourth-order valence-electron chi connectivity index (χ4n) is 2.11. The number of hydroxylamine groups is 2. The Morgan fingerprint density at radius 3 is 2.80 bits per heavy atom. The first kappa shape index (κ1) is 15.0. The number of benzene rings is 1. The molecule has 0 spiro atoms. The maximum Gasteiger partial charge on any atom is 0.234 e. The molecule has 1 aromatic heterocycles. The van der Waals surface area contributed by atoms with Crippen LogP contribution in [0.25, 0.3) is 10.1 Å². The van der Waals surface area contributed by atoms with Gasteiger partial charge in [0.25, 0.3) is 0 Å². The van der Waals surface area contributed by atoms with E-state index in [0.29, 0.717) is 5.56 Å². The van der Waals surface area contributed by atoms with E-state index in [1.807, 2.05) is 23.6 Å². The second-order valence-electron chi connectivity index (χ2n) is 4.45. The molecule has 2 aromatic rings. The van der Waals surface area contributed by atoms with Gasteiger partial charge in [-0.2, -0.15) is 0 Å². The molecule has 0 aliphatic heterocycles. The largest absolute Gasteiger partial charge is 0.285 e. The summed E-state index contributed by atoms with van der Waals surface area (Å²) in [6.07, 6.45) is 0.256. The minimum absolute atomic E-state index is 0.119. The number of carbonyl (C=O) groups excluding carboxylic acids is 1. The summed E-state index contributed by atoms with van der Waals surface area (Å²) in [4.78, 5) is 10.6. The lowest BCUT2D eigenvalue weighted by molar-refractivity contribution is -0.153. The molecular formula is C13H15NO4S2. The van der Waals surface area contributed by atoms with Crippen LogP contribution in [0.5, 0.6) is 0 Å². The summed E-state index contributed by atoms with van der Waals surface area (Å²) < 4.78 is 25.6. The lowest BCUT2D eigenvalue weighted by Crippen LogP contribution is -2.38. The van der Waals surface area contributed by atoms with Gasteiger partial charge in [-0.15, -0.1) is 11.3 Å². The number of hydrogen-bond acceptors (Lipinski definition) is 5. The van der Waals surface area contributed by atoms with Gasteiger partial charge in [0.2, 0.25) is 6.41 Å². The van der Waals surface area contributed by atoms with Crippen LogP contribution in [-0.2, 0) is 20.4 Å². The summed E-state index contributed by atoms with van der Waals surface area (Å²) in [5.41, 5.74) is 0.647.